The van der Waals surface area contributed by atoms with E-state index in [2.05, 4.69) is 21.0 Å². The van der Waals surface area contributed by atoms with Gasteiger partial charge in [-0.3, -0.25) is 4.79 Å². The summed E-state index contributed by atoms with van der Waals surface area (Å²) in [6.45, 7) is 0. The zero-order chi connectivity index (χ0) is 13.1. The first-order valence-electron chi connectivity index (χ1n) is 5.38. The zero-order valence-corrected chi connectivity index (χ0v) is 11.1. The molecule has 0 aliphatic carbocycles. The van der Waals surface area contributed by atoms with Gasteiger partial charge in [0.05, 0.1) is 11.9 Å². The third-order valence-corrected chi connectivity index (χ3v) is 3.09. The SMILES string of the molecule is Nc1c(CCC(=O)O)cnn1-c1ccc(Br)cc1. The van der Waals surface area contributed by atoms with Gasteiger partial charge in [0.1, 0.15) is 5.82 Å². The van der Waals surface area contributed by atoms with Crippen molar-refractivity contribution >= 4 is 27.7 Å². The monoisotopic (exact) mass is 309 g/mol. The fraction of sp³-hybridized carbons (Fsp3) is 0.167. The molecule has 0 bridgehead atoms. The summed E-state index contributed by atoms with van der Waals surface area (Å²) < 4.78 is 2.58. The number of nitrogens with two attached hydrogens (primary N) is 1. The molecule has 0 aliphatic rings. The van der Waals surface area contributed by atoms with Crippen LogP contribution in [0.25, 0.3) is 5.69 Å². The van der Waals surface area contributed by atoms with E-state index in [1.54, 1.807) is 10.9 Å². The lowest BCUT2D eigenvalue weighted by molar-refractivity contribution is -0.136. The van der Waals surface area contributed by atoms with Gasteiger partial charge in [-0.25, -0.2) is 4.68 Å². The number of nitrogen functional groups attached to an aromatic ring is 1. The molecule has 0 spiro atoms. The quantitative estimate of drug-likeness (QED) is 0.907. The molecule has 0 aliphatic heterocycles. The van der Waals surface area contributed by atoms with Crippen LogP contribution in [0, 0.1) is 0 Å². The van der Waals surface area contributed by atoms with E-state index in [1.807, 2.05) is 24.3 Å². The van der Waals surface area contributed by atoms with Crippen molar-refractivity contribution in [2.45, 2.75) is 12.8 Å². The van der Waals surface area contributed by atoms with E-state index >= 15 is 0 Å². The van der Waals surface area contributed by atoms with Crippen molar-refractivity contribution in [2.75, 3.05) is 5.73 Å². The number of aryl methyl sites for hydroxylation is 1. The molecule has 94 valence electrons. The molecule has 0 saturated carbocycles. The minimum atomic E-state index is -0.842. The number of rotatable bonds is 4. The number of aromatic nitrogens is 2. The average molecular weight is 310 g/mol. The molecule has 0 saturated heterocycles. The Kier molecular flexibility index (Phi) is 3.66. The standard InChI is InChI=1S/C12H12BrN3O2/c13-9-2-4-10(5-3-9)16-12(14)8(7-15-16)1-6-11(17)18/h2-5,7H,1,6,14H2,(H,17,18). The van der Waals surface area contributed by atoms with E-state index in [0.29, 0.717) is 12.2 Å². The Morgan fingerprint density at radius 3 is 2.67 bits per heavy atom. The van der Waals surface area contributed by atoms with Crippen LogP contribution < -0.4 is 5.73 Å². The average Bonchev–Trinajstić information content (AvgIpc) is 2.69. The number of anilines is 1. The van der Waals surface area contributed by atoms with Gasteiger partial charge in [-0.2, -0.15) is 5.10 Å². The van der Waals surface area contributed by atoms with Crippen molar-refractivity contribution in [3.8, 4) is 5.69 Å². The molecule has 1 aromatic heterocycles. The Balaban J connectivity index is 2.25. The van der Waals surface area contributed by atoms with Gasteiger partial charge in [-0.15, -0.1) is 0 Å². The smallest absolute Gasteiger partial charge is 0.303 e. The van der Waals surface area contributed by atoms with E-state index in [1.165, 1.54) is 0 Å². The molecule has 0 amide bonds. The maximum atomic E-state index is 10.5. The van der Waals surface area contributed by atoms with Crippen LogP contribution >= 0.6 is 15.9 Å². The largest absolute Gasteiger partial charge is 0.481 e. The summed E-state index contributed by atoms with van der Waals surface area (Å²) in [6.07, 6.45) is 2.05. The first kappa shape index (κ1) is 12.6. The highest BCUT2D eigenvalue weighted by molar-refractivity contribution is 9.10. The van der Waals surface area contributed by atoms with Crippen molar-refractivity contribution in [1.29, 1.82) is 0 Å². The Morgan fingerprint density at radius 2 is 2.06 bits per heavy atom. The maximum absolute atomic E-state index is 10.5. The van der Waals surface area contributed by atoms with Gasteiger partial charge >= 0.3 is 5.97 Å². The number of halogens is 1. The summed E-state index contributed by atoms with van der Waals surface area (Å²) in [4.78, 5) is 10.5. The fourth-order valence-electron chi connectivity index (χ4n) is 1.61. The van der Waals surface area contributed by atoms with Crippen LogP contribution in [0.15, 0.2) is 34.9 Å². The number of hydrogen-bond donors (Lipinski definition) is 2. The van der Waals surface area contributed by atoms with E-state index in [0.717, 1.165) is 15.7 Å². The summed E-state index contributed by atoms with van der Waals surface area (Å²) in [7, 11) is 0. The van der Waals surface area contributed by atoms with Crippen LogP contribution in [-0.2, 0) is 11.2 Å². The number of carboxylic acid groups (broad SMARTS) is 1. The zero-order valence-electron chi connectivity index (χ0n) is 9.51. The molecule has 0 unspecified atom stereocenters. The van der Waals surface area contributed by atoms with E-state index in [4.69, 9.17) is 10.8 Å². The number of aliphatic carboxylic acids is 1. The first-order chi connectivity index (χ1) is 8.58. The van der Waals surface area contributed by atoms with Gasteiger partial charge in [-0.05, 0) is 30.7 Å². The second kappa shape index (κ2) is 5.22. The van der Waals surface area contributed by atoms with Gasteiger partial charge in [-0.1, -0.05) is 15.9 Å². The van der Waals surface area contributed by atoms with Crippen molar-refractivity contribution in [1.82, 2.24) is 9.78 Å². The molecule has 6 heteroatoms. The molecule has 1 heterocycles. The molecule has 3 N–H and O–H groups in total. The lowest BCUT2D eigenvalue weighted by atomic mass is 10.2. The number of benzene rings is 1. The third kappa shape index (κ3) is 2.70. The van der Waals surface area contributed by atoms with Gasteiger partial charge in [0.2, 0.25) is 0 Å². The van der Waals surface area contributed by atoms with Crippen molar-refractivity contribution in [3.63, 3.8) is 0 Å². The van der Waals surface area contributed by atoms with Crippen LogP contribution in [0.5, 0.6) is 0 Å². The van der Waals surface area contributed by atoms with Gasteiger partial charge in [0.15, 0.2) is 0 Å². The van der Waals surface area contributed by atoms with Gasteiger partial charge < -0.3 is 10.8 Å². The number of carbonyl (C=O) groups is 1. The van der Waals surface area contributed by atoms with Crippen LogP contribution in [-0.4, -0.2) is 20.9 Å². The Labute approximate surface area is 112 Å². The number of hydrogen-bond acceptors (Lipinski definition) is 3. The number of nitrogens with zero attached hydrogens (tertiary/aromatic N) is 2. The van der Waals surface area contributed by atoms with E-state index in [9.17, 15) is 4.79 Å². The lowest BCUT2D eigenvalue weighted by Crippen LogP contribution is -2.04. The molecule has 5 nitrogen and oxygen atoms in total. The molecule has 2 aromatic rings. The second-order valence-corrected chi connectivity index (χ2v) is 4.75. The minimum absolute atomic E-state index is 0.0518. The summed E-state index contributed by atoms with van der Waals surface area (Å²) in [5.41, 5.74) is 7.55. The van der Waals surface area contributed by atoms with Crippen LogP contribution in [0.1, 0.15) is 12.0 Å². The Hall–Kier alpha value is -1.82. The van der Waals surface area contributed by atoms with Crippen molar-refractivity contribution in [3.05, 3.63) is 40.5 Å². The van der Waals surface area contributed by atoms with Crippen LogP contribution in [0.4, 0.5) is 5.82 Å². The van der Waals surface area contributed by atoms with E-state index in [-0.39, 0.29) is 6.42 Å². The van der Waals surface area contributed by atoms with Crippen LogP contribution in [0.2, 0.25) is 0 Å². The molecule has 18 heavy (non-hydrogen) atoms. The lowest BCUT2D eigenvalue weighted by Gasteiger charge is -2.05. The molecule has 0 radical (unpaired) electrons. The second-order valence-electron chi connectivity index (χ2n) is 3.84. The first-order valence-corrected chi connectivity index (χ1v) is 6.17. The summed E-state index contributed by atoms with van der Waals surface area (Å²) in [5.74, 6) is -0.357. The minimum Gasteiger partial charge on any atom is -0.481 e. The van der Waals surface area contributed by atoms with Crippen molar-refractivity contribution < 1.29 is 9.90 Å². The van der Waals surface area contributed by atoms with E-state index < -0.39 is 5.97 Å². The topological polar surface area (TPSA) is 81.1 Å². The highest BCUT2D eigenvalue weighted by Crippen LogP contribution is 2.20. The van der Waals surface area contributed by atoms with Gasteiger partial charge in [0.25, 0.3) is 0 Å². The number of carboxylic acids is 1. The molecule has 1 aromatic carbocycles. The molecule has 0 atom stereocenters. The summed E-state index contributed by atoms with van der Waals surface area (Å²) >= 11 is 3.36. The fourth-order valence-corrected chi connectivity index (χ4v) is 1.88. The Morgan fingerprint density at radius 1 is 1.39 bits per heavy atom. The summed E-state index contributed by atoms with van der Waals surface area (Å²) in [6, 6.07) is 7.56. The summed E-state index contributed by atoms with van der Waals surface area (Å²) in [5, 5.41) is 12.8. The third-order valence-electron chi connectivity index (χ3n) is 2.57. The normalized spacial score (nSPS) is 10.5. The molecule has 0 fully saturated rings. The van der Waals surface area contributed by atoms with Crippen molar-refractivity contribution in [2.24, 2.45) is 0 Å². The highest BCUT2D eigenvalue weighted by Gasteiger charge is 2.10. The predicted molar refractivity (Wildman–Crippen MR) is 71.6 cm³/mol. The molecular formula is C12H12BrN3O2. The van der Waals surface area contributed by atoms with Crippen LogP contribution in [0.3, 0.4) is 0 Å². The highest BCUT2D eigenvalue weighted by atomic mass is 79.9. The Bertz CT molecular complexity index is 563. The predicted octanol–water partition coefficient (Wildman–Crippen LogP) is 2.23. The maximum Gasteiger partial charge on any atom is 0.303 e. The molecule has 2 rings (SSSR count). The van der Waals surface area contributed by atoms with Gasteiger partial charge in [0, 0.05) is 16.5 Å². The molecular weight excluding hydrogens is 298 g/mol.